The van der Waals surface area contributed by atoms with E-state index in [-0.39, 0.29) is 12.1 Å². The highest BCUT2D eigenvalue weighted by atomic mass is 32.1. The van der Waals surface area contributed by atoms with E-state index in [0.29, 0.717) is 0 Å². The Labute approximate surface area is 117 Å². The number of aliphatic hydroxyl groups is 1. The van der Waals surface area contributed by atoms with Gasteiger partial charge in [0.05, 0.1) is 12.1 Å². The Hall–Kier alpha value is -0.940. The maximum Gasteiger partial charge on any atom is 0.0971 e. The first kappa shape index (κ1) is 11.9. The molecule has 4 heteroatoms. The van der Waals surface area contributed by atoms with Crippen molar-refractivity contribution in [3.8, 4) is 0 Å². The zero-order valence-electron chi connectivity index (χ0n) is 10.8. The second kappa shape index (κ2) is 4.56. The van der Waals surface area contributed by atoms with Crippen molar-refractivity contribution in [2.75, 3.05) is 32.7 Å². The number of nitrogens with zero attached hydrogens (tertiary/aromatic N) is 2. The van der Waals surface area contributed by atoms with Gasteiger partial charge in [-0.1, -0.05) is 18.2 Å². The van der Waals surface area contributed by atoms with Crippen LogP contribution in [-0.2, 0) is 0 Å². The van der Waals surface area contributed by atoms with Gasteiger partial charge in [0.25, 0.3) is 0 Å². The number of hydrogen-bond donors (Lipinski definition) is 1. The lowest BCUT2D eigenvalue weighted by molar-refractivity contribution is -0.0465. The number of piperazine rings is 3. The highest BCUT2D eigenvalue weighted by molar-refractivity contribution is 7.17. The molecule has 3 aliphatic rings. The van der Waals surface area contributed by atoms with E-state index in [2.05, 4.69) is 39.4 Å². The molecule has 3 fully saturated rings. The lowest BCUT2D eigenvalue weighted by Crippen LogP contribution is -2.62. The van der Waals surface area contributed by atoms with Crippen LogP contribution in [0.4, 0.5) is 0 Å². The highest BCUT2D eigenvalue weighted by Crippen LogP contribution is 2.33. The van der Waals surface area contributed by atoms with E-state index in [4.69, 9.17) is 0 Å². The fraction of sp³-hybridized carbons (Fsp3) is 0.467. The topological polar surface area (TPSA) is 26.7 Å². The molecule has 3 saturated heterocycles. The minimum atomic E-state index is -0.370. The van der Waals surface area contributed by atoms with E-state index in [1.54, 1.807) is 11.3 Å². The van der Waals surface area contributed by atoms with Crippen molar-refractivity contribution in [3.05, 3.63) is 35.2 Å². The standard InChI is InChI=1S/C15H18N2OS/c18-14(13-10-16-5-7-17(13)8-6-16)12-3-1-2-11-4-9-19-15(11)12/h1-4,9,13-14,18H,5-8,10H2. The monoisotopic (exact) mass is 274 g/mol. The highest BCUT2D eigenvalue weighted by Gasteiger charge is 2.37. The fourth-order valence-corrected chi connectivity index (χ4v) is 4.36. The molecule has 0 amide bonds. The largest absolute Gasteiger partial charge is 0.387 e. The first-order chi connectivity index (χ1) is 9.33. The van der Waals surface area contributed by atoms with Crippen molar-refractivity contribution in [2.45, 2.75) is 12.1 Å². The summed E-state index contributed by atoms with van der Waals surface area (Å²) in [6.07, 6.45) is -0.370. The van der Waals surface area contributed by atoms with E-state index < -0.39 is 0 Å². The molecule has 0 spiro atoms. The lowest BCUT2D eigenvalue weighted by Gasteiger charge is -2.49. The van der Waals surface area contributed by atoms with Crippen molar-refractivity contribution >= 4 is 21.4 Å². The molecule has 2 unspecified atom stereocenters. The summed E-state index contributed by atoms with van der Waals surface area (Å²) in [5.41, 5.74) is 1.10. The number of thiophene rings is 1. The van der Waals surface area contributed by atoms with E-state index in [1.807, 2.05) is 0 Å². The average molecular weight is 274 g/mol. The molecule has 0 radical (unpaired) electrons. The minimum Gasteiger partial charge on any atom is -0.387 e. The zero-order valence-corrected chi connectivity index (χ0v) is 11.6. The Bertz CT molecular complexity index is 589. The number of aliphatic hydroxyl groups excluding tert-OH is 1. The third kappa shape index (κ3) is 1.91. The van der Waals surface area contributed by atoms with Crippen molar-refractivity contribution in [3.63, 3.8) is 0 Å². The maximum atomic E-state index is 10.8. The van der Waals surface area contributed by atoms with E-state index in [0.717, 1.165) is 38.3 Å². The van der Waals surface area contributed by atoms with Gasteiger partial charge in [-0.2, -0.15) is 0 Å². The average Bonchev–Trinajstić information content (AvgIpc) is 2.96. The van der Waals surface area contributed by atoms with Gasteiger partial charge in [-0.25, -0.2) is 0 Å². The smallest absolute Gasteiger partial charge is 0.0971 e. The Morgan fingerprint density at radius 1 is 1.16 bits per heavy atom. The SMILES string of the molecule is OC(c1cccc2ccsc12)C1CN2CCN1CC2. The van der Waals surface area contributed by atoms with Gasteiger partial charge < -0.3 is 5.11 Å². The van der Waals surface area contributed by atoms with E-state index in [9.17, 15) is 5.11 Å². The van der Waals surface area contributed by atoms with Gasteiger partial charge in [-0.3, -0.25) is 9.80 Å². The van der Waals surface area contributed by atoms with Crippen LogP contribution in [0.25, 0.3) is 10.1 Å². The van der Waals surface area contributed by atoms with Crippen LogP contribution < -0.4 is 0 Å². The third-order valence-electron chi connectivity index (χ3n) is 4.51. The van der Waals surface area contributed by atoms with Crippen LogP contribution in [0.15, 0.2) is 29.6 Å². The summed E-state index contributed by atoms with van der Waals surface area (Å²) < 4.78 is 1.24. The first-order valence-electron chi connectivity index (χ1n) is 6.93. The van der Waals surface area contributed by atoms with Crippen molar-refractivity contribution in [1.29, 1.82) is 0 Å². The molecular formula is C15H18N2OS. The summed E-state index contributed by atoms with van der Waals surface area (Å²) in [6, 6.07) is 8.66. The van der Waals surface area contributed by atoms with Crippen molar-refractivity contribution in [1.82, 2.24) is 9.80 Å². The van der Waals surface area contributed by atoms with Crippen LogP contribution in [0.5, 0.6) is 0 Å². The number of rotatable bonds is 2. The van der Waals surface area contributed by atoms with Gasteiger partial charge in [0.2, 0.25) is 0 Å². The van der Waals surface area contributed by atoms with Gasteiger partial charge >= 0.3 is 0 Å². The second-order valence-corrected chi connectivity index (χ2v) is 6.45. The molecule has 1 aromatic heterocycles. The first-order valence-corrected chi connectivity index (χ1v) is 7.81. The van der Waals surface area contributed by atoms with Crippen LogP contribution >= 0.6 is 11.3 Å². The number of hydrogen-bond acceptors (Lipinski definition) is 4. The molecular weight excluding hydrogens is 256 g/mol. The summed E-state index contributed by atoms with van der Waals surface area (Å²) >= 11 is 1.73. The normalized spacial score (nSPS) is 31.7. The molecule has 5 rings (SSSR count). The predicted molar refractivity (Wildman–Crippen MR) is 78.6 cm³/mol. The molecule has 100 valence electrons. The van der Waals surface area contributed by atoms with Crippen molar-refractivity contribution < 1.29 is 5.11 Å². The van der Waals surface area contributed by atoms with E-state index in [1.165, 1.54) is 10.1 Å². The summed E-state index contributed by atoms with van der Waals surface area (Å²) in [7, 11) is 0. The van der Waals surface area contributed by atoms with Crippen LogP contribution in [-0.4, -0.2) is 53.7 Å². The van der Waals surface area contributed by atoms with E-state index >= 15 is 0 Å². The molecule has 2 bridgehead atoms. The molecule has 4 heterocycles. The summed E-state index contributed by atoms with van der Waals surface area (Å²) in [5, 5.41) is 14.2. The summed E-state index contributed by atoms with van der Waals surface area (Å²) in [6.45, 7) is 5.52. The van der Waals surface area contributed by atoms with Crippen LogP contribution in [0, 0.1) is 0 Å². The Morgan fingerprint density at radius 3 is 2.74 bits per heavy atom. The molecule has 2 aromatic rings. The third-order valence-corrected chi connectivity index (χ3v) is 5.49. The molecule has 0 saturated carbocycles. The minimum absolute atomic E-state index is 0.259. The van der Waals surface area contributed by atoms with Gasteiger partial charge in [0.15, 0.2) is 0 Å². The van der Waals surface area contributed by atoms with Gasteiger partial charge in [-0.05, 0) is 22.4 Å². The van der Waals surface area contributed by atoms with Gasteiger partial charge in [0.1, 0.15) is 0 Å². The molecule has 1 aromatic carbocycles. The predicted octanol–water partition coefficient (Wildman–Crippen LogP) is 1.93. The fourth-order valence-electron chi connectivity index (χ4n) is 3.41. The Morgan fingerprint density at radius 2 is 2.00 bits per heavy atom. The lowest BCUT2D eigenvalue weighted by atomic mass is 9.96. The summed E-state index contributed by atoms with van der Waals surface area (Å²) in [4.78, 5) is 4.93. The molecule has 1 N–H and O–H groups in total. The Balaban J connectivity index is 1.70. The van der Waals surface area contributed by atoms with Gasteiger partial charge in [-0.15, -0.1) is 11.3 Å². The molecule has 19 heavy (non-hydrogen) atoms. The molecule has 3 nitrogen and oxygen atoms in total. The van der Waals surface area contributed by atoms with Crippen LogP contribution in [0.3, 0.4) is 0 Å². The molecule has 0 aliphatic carbocycles. The quantitative estimate of drug-likeness (QED) is 0.906. The zero-order chi connectivity index (χ0) is 12.8. The van der Waals surface area contributed by atoms with Gasteiger partial charge in [0, 0.05) is 37.4 Å². The molecule has 3 aliphatic heterocycles. The number of benzene rings is 1. The second-order valence-electron chi connectivity index (χ2n) is 5.53. The van der Waals surface area contributed by atoms with Crippen molar-refractivity contribution in [2.24, 2.45) is 0 Å². The van der Waals surface area contributed by atoms with Crippen LogP contribution in [0.2, 0.25) is 0 Å². The summed E-state index contributed by atoms with van der Waals surface area (Å²) in [5.74, 6) is 0. The number of fused-ring (bicyclic) bond motifs is 4. The molecule has 2 atom stereocenters. The Kier molecular flexibility index (Phi) is 2.84. The maximum absolute atomic E-state index is 10.8. The van der Waals surface area contributed by atoms with Crippen LogP contribution in [0.1, 0.15) is 11.7 Å².